The minimum atomic E-state index is 0.151. The monoisotopic (exact) mass is 266 g/mol. The van der Waals surface area contributed by atoms with E-state index in [-0.39, 0.29) is 5.91 Å². The molecule has 0 saturated carbocycles. The molecule has 98 valence electrons. The fourth-order valence-corrected chi connectivity index (χ4v) is 3.64. The van der Waals surface area contributed by atoms with E-state index in [0.29, 0.717) is 12.1 Å². The van der Waals surface area contributed by atoms with E-state index in [4.69, 9.17) is 4.74 Å². The van der Waals surface area contributed by atoms with Gasteiger partial charge in [0.2, 0.25) is 0 Å². The maximum atomic E-state index is 12.4. The van der Waals surface area contributed by atoms with Gasteiger partial charge in [-0.05, 0) is 19.3 Å². The van der Waals surface area contributed by atoms with E-state index in [2.05, 4.69) is 5.32 Å². The number of carbonyl (C=O) groups is 1. The number of nitrogens with zero attached hydrogens (tertiary/aromatic N) is 1. The molecule has 2 unspecified atom stereocenters. The number of fused-ring (bicyclic) bond motifs is 2. The van der Waals surface area contributed by atoms with Crippen molar-refractivity contribution in [2.75, 3.05) is 20.2 Å². The number of thiophene rings is 1. The van der Waals surface area contributed by atoms with Gasteiger partial charge < -0.3 is 15.0 Å². The van der Waals surface area contributed by atoms with E-state index < -0.39 is 0 Å². The number of likely N-dealkylation sites (tertiary alicyclic amines) is 1. The molecular formula is C13H18N2O2S. The van der Waals surface area contributed by atoms with E-state index >= 15 is 0 Å². The Balaban J connectivity index is 1.72. The molecule has 2 saturated heterocycles. The second-order valence-electron chi connectivity index (χ2n) is 5.03. The summed E-state index contributed by atoms with van der Waals surface area (Å²) >= 11 is 1.47. The third-order valence-electron chi connectivity index (χ3n) is 3.83. The lowest BCUT2D eigenvalue weighted by atomic mass is 10.1. The van der Waals surface area contributed by atoms with Gasteiger partial charge in [-0.15, -0.1) is 11.3 Å². The molecule has 1 amide bonds. The normalized spacial score (nSPS) is 27.1. The van der Waals surface area contributed by atoms with Crippen LogP contribution in [0.3, 0.4) is 0 Å². The molecule has 3 heterocycles. The standard InChI is InChI=1S/C13H18N2O2S/c1-17-11-6-12(18-8-11)13(16)15-5-4-9-2-3-10(7-15)14-9/h6,8-10,14H,2-5,7H2,1H3. The van der Waals surface area contributed by atoms with E-state index in [9.17, 15) is 4.79 Å². The number of nitrogens with one attached hydrogen (secondary N) is 1. The lowest BCUT2D eigenvalue weighted by Crippen LogP contribution is -2.38. The molecule has 4 nitrogen and oxygen atoms in total. The maximum Gasteiger partial charge on any atom is 0.264 e. The van der Waals surface area contributed by atoms with Crippen molar-refractivity contribution in [3.8, 4) is 5.75 Å². The van der Waals surface area contributed by atoms with Crippen LogP contribution in [0.5, 0.6) is 5.75 Å². The Morgan fingerprint density at radius 1 is 1.44 bits per heavy atom. The van der Waals surface area contributed by atoms with Crippen LogP contribution in [0, 0.1) is 0 Å². The van der Waals surface area contributed by atoms with Crippen LogP contribution in [0.4, 0.5) is 0 Å². The van der Waals surface area contributed by atoms with Gasteiger partial charge >= 0.3 is 0 Å². The number of methoxy groups -OCH3 is 1. The van der Waals surface area contributed by atoms with Gasteiger partial charge in [0.15, 0.2) is 0 Å². The van der Waals surface area contributed by atoms with Crippen LogP contribution in [-0.4, -0.2) is 43.1 Å². The Kier molecular flexibility index (Phi) is 3.26. The van der Waals surface area contributed by atoms with Crippen LogP contribution >= 0.6 is 11.3 Å². The predicted molar refractivity (Wildman–Crippen MR) is 71.3 cm³/mol. The SMILES string of the molecule is COc1csc(C(=O)N2CCC3CCC(C2)N3)c1. The van der Waals surface area contributed by atoms with Crippen molar-refractivity contribution >= 4 is 17.2 Å². The molecule has 1 aromatic rings. The Morgan fingerprint density at radius 2 is 2.28 bits per heavy atom. The molecule has 5 heteroatoms. The number of hydrogen-bond acceptors (Lipinski definition) is 4. The van der Waals surface area contributed by atoms with Gasteiger partial charge in [-0.2, -0.15) is 0 Å². The van der Waals surface area contributed by atoms with Gasteiger partial charge in [-0.3, -0.25) is 4.79 Å². The zero-order valence-electron chi connectivity index (χ0n) is 10.5. The molecule has 2 aliphatic rings. The van der Waals surface area contributed by atoms with Crippen LogP contribution in [0.2, 0.25) is 0 Å². The molecule has 2 fully saturated rings. The van der Waals surface area contributed by atoms with Crippen molar-refractivity contribution in [1.29, 1.82) is 0 Å². The highest BCUT2D eigenvalue weighted by atomic mass is 32.1. The molecule has 2 aliphatic heterocycles. The Labute approximate surface area is 111 Å². The van der Waals surface area contributed by atoms with E-state index in [1.165, 1.54) is 24.2 Å². The van der Waals surface area contributed by atoms with E-state index in [1.54, 1.807) is 7.11 Å². The van der Waals surface area contributed by atoms with E-state index in [0.717, 1.165) is 30.1 Å². The molecule has 3 rings (SSSR count). The topological polar surface area (TPSA) is 41.6 Å². The van der Waals surface area contributed by atoms with Gasteiger partial charge in [0.05, 0.1) is 12.0 Å². The summed E-state index contributed by atoms with van der Waals surface area (Å²) in [6, 6.07) is 2.94. The molecule has 18 heavy (non-hydrogen) atoms. The molecule has 0 spiro atoms. The largest absolute Gasteiger partial charge is 0.496 e. The first kappa shape index (κ1) is 12.0. The maximum absolute atomic E-state index is 12.4. The average molecular weight is 266 g/mol. The molecule has 2 bridgehead atoms. The van der Waals surface area contributed by atoms with Crippen molar-refractivity contribution in [3.05, 3.63) is 16.3 Å². The van der Waals surface area contributed by atoms with Crippen LogP contribution in [0.1, 0.15) is 28.9 Å². The summed E-state index contributed by atoms with van der Waals surface area (Å²) in [5.41, 5.74) is 0. The lowest BCUT2D eigenvalue weighted by Gasteiger charge is -2.23. The summed E-state index contributed by atoms with van der Waals surface area (Å²) in [4.78, 5) is 15.2. The van der Waals surface area contributed by atoms with Crippen molar-refractivity contribution < 1.29 is 9.53 Å². The van der Waals surface area contributed by atoms with Gasteiger partial charge in [0.25, 0.3) is 5.91 Å². The number of carbonyl (C=O) groups excluding carboxylic acids is 1. The van der Waals surface area contributed by atoms with E-state index in [1.807, 2.05) is 16.3 Å². The van der Waals surface area contributed by atoms with Crippen molar-refractivity contribution in [3.63, 3.8) is 0 Å². The minimum Gasteiger partial charge on any atom is -0.496 e. The zero-order chi connectivity index (χ0) is 12.5. The van der Waals surface area contributed by atoms with Gasteiger partial charge in [0, 0.05) is 36.6 Å². The number of hydrogen-bond donors (Lipinski definition) is 1. The van der Waals surface area contributed by atoms with Gasteiger partial charge in [-0.25, -0.2) is 0 Å². The highest BCUT2D eigenvalue weighted by molar-refractivity contribution is 7.12. The quantitative estimate of drug-likeness (QED) is 0.886. The average Bonchev–Trinajstić information content (AvgIpc) is 2.95. The van der Waals surface area contributed by atoms with Crippen LogP contribution in [-0.2, 0) is 0 Å². The number of rotatable bonds is 2. The second-order valence-corrected chi connectivity index (χ2v) is 5.94. The fraction of sp³-hybridized carbons (Fsp3) is 0.615. The Bertz CT molecular complexity index is 446. The number of amides is 1. The van der Waals surface area contributed by atoms with Crippen molar-refractivity contribution in [2.24, 2.45) is 0 Å². The second kappa shape index (κ2) is 4.90. The molecule has 2 atom stereocenters. The Morgan fingerprint density at radius 3 is 3.06 bits per heavy atom. The molecule has 0 radical (unpaired) electrons. The van der Waals surface area contributed by atoms with Crippen LogP contribution in [0.25, 0.3) is 0 Å². The smallest absolute Gasteiger partial charge is 0.264 e. The van der Waals surface area contributed by atoms with Crippen LogP contribution < -0.4 is 10.1 Å². The number of ether oxygens (including phenoxy) is 1. The summed E-state index contributed by atoms with van der Waals surface area (Å²) in [6.07, 6.45) is 3.53. The van der Waals surface area contributed by atoms with Crippen molar-refractivity contribution in [1.82, 2.24) is 10.2 Å². The molecule has 0 aromatic carbocycles. The summed E-state index contributed by atoms with van der Waals surface area (Å²) in [5, 5.41) is 5.47. The minimum absolute atomic E-state index is 0.151. The third kappa shape index (κ3) is 2.24. The zero-order valence-corrected chi connectivity index (χ0v) is 11.3. The molecule has 0 aliphatic carbocycles. The van der Waals surface area contributed by atoms with Gasteiger partial charge in [0.1, 0.15) is 5.75 Å². The highest BCUT2D eigenvalue weighted by Crippen LogP contribution is 2.25. The fourth-order valence-electron chi connectivity index (χ4n) is 2.82. The first-order valence-corrected chi connectivity index (χ1v) is 7.32. The molecule has 1 aromatic heterocycles. The van der Waals surface area contributed by atoms with Gasteiger partial charge in [-0.1, -0.05) is 0 Å². The first-order valence-electron chi connectivity index (χ1n) is 6.44. The molecular weight excluding hydrogens is 248 g/mol. The summed E-state index contributed by atoms with van der Waals surface area (Å²) in [6.45, 7) is 1.71. The summed E-state index contributed by atoms with van der Waals surface area (Å²) < 4.78 is 5.13. The highest BCUT2D eigenvalue weighted by Gasteiger charge is 2.31. The first-order chi connectivity index (χ1) is 8.76. The summed E-state index contributed by atoms with van der Waals surface area (Å²) in [7, 11) is 1.63. The summed E-state index contributed by atoms with van der Waals surface area (Å²) in [5.74, 6) is 0.926. The van der Waals surface area contributed by atoms with Crippen molar-refractivity contribution in [2.45, 2.75) is 31.3 Å². The Hall–Kier alpha value is -1.07. The third-order valence-corrected chi connectivity index (χ3v) is 4.73. The molecule has 1 N–H and O–H groups in total. The predicted octanol–water partition coefficient (Wildman–Crippen LogP) is 1.72. The van der Waals surface area contributed by atoms with Crippen LogP contribution in [0.15, 0.2) is 11.4 Å². The lowest BCUT2D eigenvalue weighted by molar-refractivity contribution is 0.0753.